The van der Waals surface area contributed by atoms with Crippen LogP contribution in [0.2, 0.25) is 0 Å². The lowest BCUT2D eigenvalue weighted by Gasteiger charge is -2.28. The Labute approximate surface area is 116 Å². The molecule has 0 heterocycles. The third kappa shape index (κ3) is 6.81. The molecule has 1 aliphatic rings. The van der Waals surface area contributed by atoms with Crippen molar-refractivity contribution in [1.82, 2.24) is 0 Å². The Bertz CT molecular complexity index is 188. The maximum atomic E-state index is 2.51. The number of rotatable bonds is 8. The fourth-order valence-electron chi connectivity index (χ4n) is 3.51. The fraction of sp³-hybridized carbons (Fsp3) is 1.00. The lowest BCUT2D eigenvalue weighted by molar-refractivity contribution is 0.238. The molecule has 108 valence electrons. The SMILES string of the molecule is CC(C)CCCC(C)CCC(C)C1CCCCC1. The summed E-state index contributed by atoms with van der Waals surface area (Å²) in [4.78, 5) is 0. The largest absolute Gasteiger partial charge is 0.0628 e. The van der Waals surface area contributed by atoms with Crippen molar-refractivity contribution < 1.29 is 0 Å². The van der Waals surface area contributed by atoms with Gasteiger partial charge in [0.1, 0.15) is 0 Å². The average molecular weight is 252 g/mol. The van der Waals surface area contributed by atoms with Crippen molar-refractivity contribution in [3.05, 3.63) is 0 Å². The molecule has 0 aromatic rings. The van der Waals surface area contributed by atoms with Crippen molar-refractivity contribution in [2.45, 2.75) is 91.9 Å². The topological polar surface area (TPSA) is 0 Å². The summed E-state index contributed by atoms with van der Waals surface area (Å²) in [6, 6.07) is 0. The van der Waals surface area contributed by atoms with Gasteiger partial charge in [0.2, 0.25) is 0 Å². The second-order valence-electron chi connectivity index (χ2n) is 7.38. The van der Waals surface area contributed by atoms with Gasteiger partial charge in [0.15, 0.2) is 0 Å². The van der Waals surface area contributed by atoms with Crippen molar-refractivity contribution in [1.29, 1.82) is 0 Å². The van der Waals surface area contributed by atoms with Gasteiger partial charge in [-0.25, -0.2) is 0 Å². The Balaban J connectivity index is 2.07. The van der Waals surface area contributed by atoms with E-state index in [4.69, 9.17) is 0 Å². The predicted molar refractivity (Wildman–Crippen MR) is 82.8 cm³/mol. The summed E-state index contributed by atoms with van der Waals surface area (Å²) in [6.07, 6.45) is 14.8. The molecule has 0 amide bonds. The molecule has 0 saturated heterocycles. The van der Waals surface area contributed by atoms with Crippen LogP contribution in [0.25, 0.3) is 0 Å². The van der Waals surface area contributed by atoms with E-state index in [9.17, 15) is 0 Å². The molecule has 0 nitrogen and oxygen atoms in total. The minimum atomic E-state index is 0.887. The van der Waals surface area contributed by atoms with Crippen LogP contribution in [0.5, 0.6) is 0 Å². The standard InChI is InChI=1S/C18H36/c1-15(2)9-8-10-16(3)13-14-17(4)18-11-6-5-7-12-18/h15-18H,5-14H2,1-4H3. The number of hydrogen-bond acceptors (Lipinski definition) is 0. The van der Waals surface area contributed by atoms with Crippen LogP contribution < -0.4 is 0 Å². The van der Waals surface area contributed by atoms with Gasteiger partial charge in [0.05, 0.1) is 0 Å². The Kier molecular flexibility index (Phi) is 8.02. The zero-order chi connectivity index (χ0) is 13.4. The highest BCUT2D eigenvalue weighted by atomic mass is 14.3. The first kappa shape index (κ1) is 16.1. The van der Waals surface area contributed by atoms with Gasteiger partial charge in [0.25, 0.3) is 0 Å². The predicted octanol–water partition coefficient (Wildman–Crippen LogP) is 6.45. The third-order valence-electron chi connectivity index (χ3n) is 5.05. The van der Waals surface area contributed by atoms with Crippen molar-refractivity contribution in [3.63, 3.8) is 0 Å². The van der Waals surface area contributed by atoms with Crippen molar-refractivity contribution >= 4 is 0 Å². The molecule has 0 aromatic carbocycles. The molecule has 18 heavy (non-hydrogen) atoms. The maximum absolute atomic E-state index is 2.51. The molecule has 1 rings (SSSR count). The van der Waals surface area contributed by atoms with Crippen LogP contribution in [-0.2, 0) is 0 Å². The van der Waals surface area contributed by atoms with E-state index in [0.29, 0.717) is 0 Å². The summed E-state index contributed by atoms with van der Waals surface area (Å²) in [6.45, 7) is 9.66. The van der Waals surface area contributed by atoms with Crippen LogP contribution in [0.15, 0.2) is 0 Å². The molecule has 0 spiro atoms. The summed E-state index contributed by atoms with van der Waals surface area (Å²) in [5.74, 6) is 3.88. The van der Waals surface area contributed by atoms with Crippen LogP contribution in [0.1, 0.15) is 91.9 Å². The van der Waals surface area contributed by atoms with Gasteiger partial charge in [-0.3, -0.25) is 0 Å². The highest BCUT2D eigenvalue weighted by molar-refractivity contribution is 4.72. The molecule has 0 N–H and O–H groups in total. The molecule has 0 bridgehead atoms. The first-order valence-electron chi connectivity index (χ1n) is 8.59. The summed E-state index contributed by atoms with van der Waals surface area (Å²) >= 11 is 0. The van der Waals surface area contributed by atoms with Gasteiger partial charge >= 0.3 is 0 Å². The molecular formula is C18H36. The van der Waals surface area contributed by atoms with Gasteiger partial charge in [-0.05, 0) is 23.7 Å². The molecular weight excluding hydrogens is 216 g/mol. The van der Waals surface area contributed by atoms with Crippen molar-refractivity contribution in [2.75, 3.05) is 0 Å². The molecule has 1 fully saturated rings. The monoisotopic (exact) mass is 252 g/mol. The van der Waals surface area contributed by atoms with Crippen LogP contribution in [0.3, 0.4) is 0 Å². The molecule has 0 aliphatic heterocycles. The molecule has 0 aromatic heterocycles. The van der Waals surface area contributed by atoms with E-state index in [0.717, 1.165) is 23.7 Å². The third-order valence-corrected chi connectivity index (χ3v) is 5.05. The summed E-state index contributed by atoms with van der Waals surface area (Å²) in [7, 11) is 0. The lowest BCUT2D eigenvalue weighted by atomic mass is 9.78. The van der Waals surface area contributed by atoms with Gasteiger partial charge in [0, 0.05) is 0 Å². The Morgan fingerprint density at radius 1 is 0.778 bits per heavy atom. The zero-order valence-electron chi connectivity index (χ0n) is 13.4. The van der Waals surface area contributed by atoms with E-state index < -0.39 is 0 Å². The zero-order valence-corrected chi connectivity index (χ0v) is 13.4. The van der Waals surface area contributed by atoms with Gasteiger partial charge in [-0.2, -0.15) is 0 Å². The van der Waals surface area contributed by atoms with E-state index in [-0.39, 0.29) is 0 Å². The van der Waals surface area contributed by atoms with E-state index in [1.54, 1.807) is 0 Å². The minimum Gasteiger partial charge on any atom is -0.0628 e. The smallest absolute Gasteiger partial charge is 0.0388 e. The average Bonchev–Trinajstić information content (AvgIpc) is 2.36. The second kappa shape index (κ2) is 8.99. The van der Waals surface area contributed by atoms with Gasteiger partial charge < -0.3 is 0 Å². The quantitative estimate of drug-likeness (QED) is 0.466. The van der Waals surface area contributed by atoms with Crippen LogP contribution in [-0.4, -0.2) is 0 Å². The molecule has 2 unspecified atom stereocenters. The Morgan fingerprint density at radius 2 is 1.44 bits per heavy atom. The van der Waals surface area contributed by atoms with Gasteiger partial charge in [-0.1, -0.05) is 91.9 Å². The molecule has 1 aliphatic carbocycles. The van der Waals surface area contributed by atoms with Crippen molar-refractivity contribution in [2.24, 2.45) is 23.7 Å². The Morgan fingerprint density at radius 3 is 2.06 bits per heavy atom. The highest BCUT2D eigenvalue weighted by Crippen LogP contribution is 2.33. The molecule has 1 saturated carbocycles. The first-order chi connectivity index (χ1) is 8.59. The van der Waals surface area contributed by atoms with Crippen molar-refractivity contribution in [3.8, 4) is 0 Å². The van der Waals surface area contributed by atoms with Crippen LogP contribution in [0, 0.1) is 23.7 Å². The second-order valence-corrected chi connectivity index (χ2v) is 7.38. The fourth-order valence-corrected chi connectivity index (χ4v) is 3.51. The molecule has 2 atom stereocenters. The molecule has 0 heteroatoms. The van der Waals surface area contributed by atoms with E-state index in [1.807, 2.05) is 0 Å². The van der Waals surface area contributed by atoms with E-state index in [2.05, 4.69) is 27.7 Å². The van der Waals surface area contributed by atoms with Gasteiger partial charge in [-0.15, -0.1) is 0 Å². The van der Waals surface area contributed by atoms with E-state index >= 15 is 0 Å². The highest BCUT2D eigenvalue weighted by Gasteiger charge is 2.20. The molecule has 0 radical (unpaired) electrons. The summed E-state index contributed by atoms with van der Waals surface area (Å²) in [5, 5.41) is 0. The lowest BCUT2D eigenvalue weighted by Crippen LogP contribution is -2.16. The maximum Gasteiger partial charge on any atom is -0.0388 e. The normalized spacial score (nSPS) is 21.2. The first-order valence-corrected chi connectivity index (χ1v) is 8.59. The number of hydrogen-bond donors (Lipinski definition) is 0. The van der Waals surface area contributed by atoms with Crippen LogP contribution in [0.4, 0.5) is 0 Å². The van der Waals surface area contributed by atoms with E-state index in [1.165, 1.54) is 64.2 Å². The Hall–Kier alpha value is 0. The minimum absolute atomic E-state index is 0.887. The summed E-state index contributed by atoms with van der Waals surface area (Å²) in [5.41, 5.74) is 0. The van der Waals surface area contributed by atoms with Crippen LogP contribution >= 0.6 is 0 Å². The summed E-state index contributed by atoms with van der Waals surface area (Å²) < 4.78 is 0.